The quantitative estimate of drug-likeness (QED) is 0.554. The van der Waals surface area contributed by atoms with Crippen LogP contribution in [0.25, 0.3) is 10.9 Å². The van der Waals surface area contributed by atoms with Crippen LogP contribution in [0.1, 0.15) is 5.56 Å². The van der Waals surface area contributed by atoms with Crippen molar-refractivity contribution in [2.45, 2.75) is 30.0 Å². The molecule has 0 spiro atoms. The van der Waals surface area contributed by atoms with Crippen LogP contribution in [0.3, 0.4) is 0 Å². The molecule has 1 aromatic carbocycles. The van der Waals surface area contributed by atoms with Crippen molar-refractivity contribution in [1.82, 2.24) is 4.98 Å². The molecular weight excluding hydrogens is 290 g/mol. The monoisotopic (exact) mass is 305 g/mol. The first-order valence-corrected chi connectivity index (χ1v) is 6.98. The van der Waals surface area contributed by atoms with E-state index < -0.39 is 29.6 Å². The molecule has 0 bridgehead atoms. The number of hydrogen-bond donors (Lipinski definition) is 4. The molecule has 2 aliphatic heterocycles. The Morgan fingerprint density at radius 2 is 2.09 bits per heavy atom. The van der Waals surface area contributed by atoms with E-state index in [0.29, 0.717) is 5.56 Å². The van der Waals surface area contributed by atoms with Crippen molar-refractivity contribution in [2.24, 2.45) is 0 Å². The van der Waals surface area contributed by atoms with E-state index >= 15 is 0 Å². The molecule has 116 valence electrons. The topological polar surface area (TPSA) is 112 Å². The number of para-hydroxylation sites is 1. The van der Waals surface area contributed by atoms with Gasteiger partial charge in [-0.15, -0.1) is 0 Å². The summed E-state index contributed by atoms with van der Waals surface area (Å²) in [6.45, 7) is -0.204. The van der Waals surface area contributed by atoms with Crippen LogP contribution in [0.4, 0.5) is 0 Å². The van der Waals surface area contributed by atoms with Crippen LogP contribution in [0.5, 0.6) is 0 Å². The van der Waals surface area contributed by atoms with Gasteiger partial charge in [0.2, 0.25) is 11.4 Å². The molecule has 2 fully saturated rings. The maximum Gasteiger partial charge on any atom is 0.344 e. The fourth-order valence-corrected chi connectivity index (χ4v) is 3.27. The number of fused-ring (bicyclic) bond motifs is 2. The van der Waals surface area contributed by atoms with Gasteiger partial charge in [-0.3, -0.25) is 0 Å². The molecule has 0 amide bonds. The number of H-pyrrole nitrogens is 1. The van der Waals surface area contributed by atoms with E-state index in [-0.39, 0.29) is 13.0 Å². The molecule has 4 atom stereocenters. The van der Waals surface area contributed by atoms with E-state index in [0.717, 1.165) is 10.9 Å². The Morgan fingerprint density at radius 1 is 1.32 bits per heavy atom. The molecule has 0 saturated carbocycles. The van der Waals surface area contributed by atoms with Crippen molar-refractivity contribution in [3.8, 4) is 0 Å². The summed E-state index contributed by atoms with van der Waals surface area (Å²) in [5.74, 6) is -3.24. The summed E-state index contributed by atoms with van der Waals surface area (Å²) < 4.78 is 10.1. The third-order valence-electron chi connectivity index (χ3n) is 4.49. The van der Waals surface area contributed by atoms with Crippen LogP contribution in [-0.2, 0) is 20.7 Å². The van der Waals surface area contributed by atoms with Gasteiger partial charge in [0, 0.05) is 23.5 Å². The Morgan fingerprint density at radius 3 is 2.91 bits per heavy atom. The lowest BCUT2D eigenvalue weighted by atomic mass is 9.85. The molecule has 2 aromatic rings. The van der Waals surface area contributed by atoms with Gasteiger partial charge in [-0.05, 0) is 11.6 Å². The predicted molar refractivity (Wildman–Crippen MR) is 73.7 cm³/mol. The van der Waals surface area contributed by atoms with Crippen molar-refractivity contribution < 1.29 is 29.6 Å². The Labute approximate surface area is 125 Å². The molecule has 4 rings (SSSR count). The van der Waals surface area contributed by atoms with Gasteiger partial charge in [-0.2, -0.15) is 0 Å². The zero-order valence-corrected chi connectivity index (χ0v) is 11.5. The lowest BCUT2D eigenvalue weighted by Gasteiger charge is -2.31. The van der Waals surface area contributed by atoms with Crippen molar-refractivity contribution in [3.63, 3.8) is 0 Å². The maximum absolute atomic E-state index is 12.1. The second-order valence-corrected chi connectivity index (χ2v) is 5.80. The predicted octanol–water partition coefficient (Wildman–Crippen LogP) is -0.553. The molecule has 2 aliphatic rings. The second kappa shape index (κ2) is 4.30. The Bertz CT molecular complexity index is 757. The zero-order chi connectivity index (χ0) is 15.5. The second-order valence-electron chi connectivity index (χ2n) is 5.80. The van der Waals surface area contributed by atoms with Gasteiger partial charge in [0.05, 0.1) is 6.61 Å². The van der Waals surface area contributed by atoms with Gasteiger partial charge in [0.1, 0.15) is 6.10 Å². The van der Waals surface area contributed by atoms with Crippen molar-refractivity contribution >= 4 is 16.9 Å². The van der Waals surface area contributed by atoms with Crippen LogP contribution in [0.2, 0.25) is 0 Å². The molecule has 0 aliphatic carbocycles. The van der Waals surface area contributed by atoms with Crippen LogP contribution in [0, 0.1) is 0 Å². The lowest BCUT2D eigenvalue weighted by molar-refractivity contribution is -0.262. The van der Waals surface area contributed by atoms with Gasteiger partial charge in [0.15, 0.2) is 6.10 Å². The third-order valence-corrected chi connectivity index (χ3v) is 4.49. The zero-order valence-electron chi connectivity index (χ0n) is 11.5. The highest BCUT2D eigenvalue weighted by Crippen LogP contribution is 2.45. The summed E-state index contributed by atoms with van der Waals surface area (Å²) in [5.41, 5.74) is -0.766. The fourth-order valence-electron chi connectivity index (χ4n) is 3.27. The van der Waals surface area contributed by atoms with Crippen LogP contribution in [-0.4, -0.2) is 56.5 Å². The number of carbonyl (C=O) groups excluding carboxylic acids is 1. The summed E-state index contributed by atoms with van der Waals surface area (Å²) in [6, 6.07) is 7.41. The largest absolute Gasteiger partial charge is 0.451 e. The highest BCUT2D eigenvalue weighted by molar-refractivity contribution is 5.87. The Hall–Kier alpha value is -1.93. The number of hydrogen-bond acceptors (Lipinski definition) is 6. The third kappa shape index (κ3) is 1.56. The highest BCUT2D eigenvalue weighted by atomic mass is 16.7. The van der Waals surface area contributed by atoms with E-state index in [1.54, 1.807) is 6.20 Å². The first-order chi connectivity index (χ1) is 10.5. The number of aliphatic hydroxyl groups is 3. The molecule has 1 aromatic heterocycles. The Kier molecular flexibility index (Phi) is 2.68. The molecule has 4 N–H and O–H groups in total. The van der Waals surface area contributed by atoms with E-state index in [1.807, 2.05) is 24.3 Å². The molecule has 7 nitrogen and oxygen atoms in total. The summed E-state index contributed by atoms with van der Waals surface area (Å²) >= 11 is 0. The number of carbonyl (C=O) groups is 1. The van der Waals surface area contributed by atoms with Gasteiger partial charge in [0.25, 0.3) is 0 Å². The maximum atomic E-state index is 12.1. The van der Waals surface area contributed by atoms with E-state index in [9.17, 15) is 20.1 Å². The van der Waals surface area contributed by atoms with Crippen molar-refractivity contribution in [2.75, 3.05) is 6.61 Å². The standard InChI is InChI=1S/C15H15NO6/c17-11-7-21-15(20)12(11)22-13(18)14(15,19)5-8-6-16-10-4-2-1-3-9(8)10/h1-4,6,11-12,16-17,19-20H,5,7H2/t11?,12-,14+,15+/m1/s1. The molecule has 7 heteroatoms. The molecule has 0 radical (unpaired) electrons. The summed E-state index contributed by atoms with van der Waals surface area (Å²) in [6.07, 6.45) is -0.964. The van der Waals surface area contributed by atoms with Crippen LogP contribution in [0.15, 0.2) is 30.5 Å². The van der Waals surface area contributed by atoms with E-state index in [2.05, 4.69) is 4.98 Å². The number of aromatic amines is 1. The fraction of sp³-hybridized carbons (Fsp3) is 0.400. The average molecular weight is 305 g/mol. The van der Waals surface area contributed by atoms with Crippen molar-refractivity contribution in [3.05, 3.63) is 36.0 Å². The number of esters is 1. The summed E-state index contributed by atoms with van der Waals surface area (Å²) in [5, 5.41) is 31.9. The van der Waals surface area contributed by atoms with Crippen LogP contribution >= 0.6 is 0 Å². The van der Waals surface area contributed by atoms with E-state index in [4.69, 9.17) is 9.47 Å². The van der Waals surface area contributed by atoms with Gasteiger partial charge in [-0.25, -0.2) is 4.79 Å². The van der Waals surface area contributed by atoms with E-state index in [1.165, 1.54) is 0 Å². The number of nitrogens with one attached hydrogen (secondary N) is 1. The lowest BCUT2D eigenvalue weighted by Crippen LogP contribution is -2.59. The van der Waals surface area contributed by atoms with Gasteiger partial charge < -0.3 is 29.8 Å². The number of aliphatic hydroxyl groups excluding tert-OH is 1. The first kappa shape index (κ1) is 13.7. The SMILES string of the molecule is O=C1O[C@@H]2C(O)CO[C@]2(O)[C@]1(O)Cc1c[nH]c2ccccc12. The first-order valence-electron chi connectivity index (χ1n) is 6.98. The normalized spacial score (nSPS) is 37.5. The number of aromatic nitrogens is 1. The number of ether oxygens (including phenoxy) is 2. The van der Waals surface area contributed by atoms with Gasteiger partial charge >= 0.3 is 5.97 Å². The highest BCUT2D eigenvalue weighted by Gasteiger charge is 2.73. The minimum absolute atomic E-state index is 0.185. The molecule has 2 saturated heterocycles. The van der Waals surface area contributed by atoms with Crippen molar-refractivity contribution in [1.29, 1.82) is 0 Å². The molecule has 3 heterocycles. The average Bonchev–Trinajstić information content (AvgIpc) is 3.09. The van der Waals surface area contributed by atoms with Gasteiger partial charge in [-0.1, -0.05) is 18.2 Å². The molecular formula is C15H15NO6. The molecule has 1 unspecified atom stereocenters. The minimum Gasteiger partial charge on any atom is -0.451 e. The smallest absolute Gasteiger partial charge is 0.344 e. The number of rotatable bonds is 2. The minimum atomic E-state index is -2.26. The molecule has 22 heavy (non-hydrogen) atoms. The summed E-state index contributed by atoms with van der Waals surface area (Å²) in [7, 11) is 0. The Balaban J connectivity index is 1.76. The number of benzene rings is 1. The van der Waals surface area contributed by atoms with Crippen LogP contribution < -0.4 is 0 Å². The summed E-state index contributed by atoms with van der Waals surface area (Å²) in [4.78, 5) is 15.1.